The van der Waals surface area contributed by atoms with Crippen LogP contribution in [0.3, 0.4) is 0 Å². The van der Waals surface area contributed by atoms with E-state index in [1.807, 2.05) is 26.8 Å². The standard InChI is InChI=1S/C10H13FO/c1-7(2)12-10-5-4-8(3)6-9(10)11/h4-7H,1-3H3. The van der Waals surface area contributed by atoms with Crippen LogP contribution in [0.15, 0.2) is 18.2 Å². The van der Waals surface area contributed by atoms with Gasteiger partial charge in [-0.2, -0.15) is 0 Å². The molecule has 0 aliphatic heterocycles. The van der Waals surface area contributed by atoms with Gasteiger partial charge in [0.2, 0.25) is 0 Å². The Hall–Kier alpha value is -1.05. The third-order valence-electron chi connectivity index (χ3n) is 1.45. The molecule has 1 rings (SSSR count). The van der Waals surface area contributed by atoms with Gasteiger partial charge in [-0.1, -0.05) is 6.07 Å². The van der Waals surface area contributed by atoms with E-state index < -0.39 is 0 Å². The monoisotopic (exact) mass is 168 g/mol. The van der Waals surface area contributed by atoms with Crippen LogP contribution in [0, 0.1) is 12.7 Å². The van der Waals surface area contributed by atoms with E-state index in [0.29, 0.717) is 5.75 Å². The molecule has 0 aliphatic rings. The largest absolute Gasteiger partial charge is 0.488 e. The third kappa shape index (κ3) is 2.22. The molecule has 0 saturated carbocycles. The Balaban J connectivity index is 2.86. The van der Waals surface area contributed by atoms with E-state index in [1.165, 1.54) is 6.07 Å². The zero-order chi connectivity index (χ0) is 9.14. The van der Waals surface area contributed by atoms with Crippen molar-refractivity contribution in [3.05, 3.63) is 29.6 Å². The molecule has 0 spiro atoms. The van der Waals surface area contributed by atoms with E-state index in [0.717, 1.165) is 5.56 Å². The molecular formula is C10H13FO. The second kappa shape index (κ2) is 3.57. The number of benzene rings is 1. The summed E-state index contributed by atoms with van der Waals surface area (Å²) in [6.07, 6.45) is 0.0159. The van der Waals surface area contributed by atoms with Crippen LogP contribution in [0.1, 0.15) is 19.4 Å². The molecule has 0 bridgehead atoms. The highest BCUT2D eigenvalue weighted by Crippen LogP contribution is 2.18. The third-order valence-corrected chi connectivity index (χ3v) is 1.45. The van der Waals surface area contributed by atoms with Crippen molar-refractivity contribution >= 4 is 0 Å². The van der Waals surface area contributed by atoms with Crippen molar-refractivity contribution in [3.63, 3.8) is 0 Å². The lowest BCUT2D eigenvalue weighted by molar-refractivity contribution is 0.231. The van der Waals surface area contributed by atoms with Crippen molar-refractivity contribution < 1.29 is 9.13 Å². The molecule has 0 saturated heterocycles. The number of ether oxygens (including phenoxy) is 1. The molecule has 0 unspecified atom stereocenters. The van der Waals surface area contributed by atoms with Gasteiger partial charge in [-0.05, 0) is 38.5 Å². The maximum absolute atomic E-state index is 13.1. The summed E-state index contributed by atoms with van der Waals surface area (Å²) in [5.74, 6) is 0.0410. The highest BCUT2D eigenvalue weighted by molar-refractivity contribution is 5.28. The first kappa shape index (κ1) is 9.04. The predicted octanol–water partition coefficient (Wildman–Crippen LogP) is 2.92. The van der Waals surface area contributed by atoms with Gasteiger partial charge in [-0.15, -0.1) is 0 Å². The second-order valence-electron chi connectivity index (χ2n) is 3.10. The van der Waals surface area contributed by atoms with Gasteiger partial charge >= 0.3 is 0 Å². The first-order valence-corrected chi connectivity index (χ1v) is 4.02. The predicted molar refractivity (Wildman–Crippen MR) is 46.9 cm³/mol. The zero-order valence-corrected chi connectivity index (χ0v) is 7.60. The lowest BCUT2D eigenvalue weighted by atomic mass is 10.2. The van der Waals surface area contributed by atoms with Crippen LogP contribution in [0.5, 0.6) is 5.75 Å². The lowest BCUT2D eigenvalue weighted by Crippen LogP contribution is -2.06. The van der Waals surface area contributed by atoms with Crippen LogP contribution in [0.4, 0.5) is 4.39 Å². The molecule has 0 aliphatic carbocycles. The molecular weight excluding hydrogens is 155 g/mol. The number of halogens is 1. The Bertz CT molecular complexity index is 269. The SMILES string of the molecule is Cc1ccc(OC(C)C)c(F)c1. The molecule has 12 heavy (non-hydrogen) atoms. The molecule has 0 amide bonds. The van der Waals surface area contributed by atoms with Gasteiger partial charge in [0.1, 0.15) is 0 Å². The van der Waals surface area contributed by atoms with Crippen molar-refractivity contribution in [2.45, 2.75) is 26.9 Å². The lowest BCUT2D eigenvalue weighted by Gasteiger charge is -2.10. The van der Waals surface area contributed by atoms with Gasteiger partial charge in [-0.3, -0.25) is 0 Å². The van der Waals surface area contributed by atoms with Crippen LogP contribution < -0.4 is 4.74 Å². The Morgan fingerprint density at radius 3 is 2.50 bits per heavy atom. The zero-order valence-electron chi connectivity index (χ0n) is 7.60. The molecule has 1 aromatic carbocycles. The van der Waals surface area contributed by atoms with Crippen molar-refractivity contribution in [2.75, 3.05) is 0 Å². The number of rotatable bonds is 2. The highest BCUT2D eigenvalue weighted by Gasteiger charge is 2.04. The summed E-state index contributed by atoms with van der Waals surface area (Å²) in [4.78, 5) is 0. The van der Waals surface area contributed by atoms with Crippen LogP contribution >= 0.6 is 0 Å². The van der Waals surface area contributed by atoms with Crippen molar-refractivity contribution in [3.8, 4) is 5.75 Å². The molecule has 0 fully saturated rings. The quantitative estimate of drug-likeness (QED) is 0.659. The Kier molecular flexibility index (Phi) is 2.69. The van der Waals surface area contributed by atoms with E-state index in [1.54, 1.807) is 6.07 Å². The van der Waals surface area contributed by atoms with Crippen molar-refractivity contribution in [1.82, 2.24) is 0 Å². The Morgan fingerprint density at radius 1 is 1.33 bits per heavy atom. The first-order chi connectivity index (χ1) is 5.59. The van der Waals surface area contributed by atoms with Gasteiger partial charge in [-0.25, -0.2) is 4.39 Å². The summed E-state index contributed by atoms with van der Waals surface area (Å²) in [5, 5.41) is 0. The number of aryl methyl sites for hydroxylation is 1. The van der Waals surface area contributed by atoms with Gasteiger partial charge < -0.3 is 4.74 Å². The maximum Gasteiger partial charge on any atom is 0.165 e. The summed E-state index contributed by atoms with van der Waals surface area (Å²) >= 11 is 0. The van der Waals surface area contributed by atoms with E-state index in [4.69, 9.17) is 4.74 Å². The molecule has 1 aromatic rings. The Labute approximate surface area is 72.2 Å². The molecule has 0 aromatic heterocycles. The van der Waals surface area contributed by atoms with E-state index in [2.05, 4.69) is 0 Å². The van der Waals surface area contributed by atoms with Gasteiger partial charge in [0, 0.05) is 0 Å². The molecule has 2 heteroatoms. The van der Waals surface area contributed by atoms with E-state index in [-0.39, 0.29) is 11.9 Å². The van der Waals surface area contributed by atoms with Crippen LogP contribution in [-0.2, 0) is 0 Å². The van der Waals surface area contributed by atoms with E-state index >= 15 is 0 Å². The molecule has 66 valence electrons. The van der Waals surface area contributed by atoms with Gasteiger partial charge in [0.25, 0.3) is 0 Å². The summed E-state index contributed by atoms with van der Waals surface area (Å²) < 4.78 is 18.3. The first-order valence-electron chi connectivity index (χ1n) is 4.02. The molecule has 0 radical (unpaired) electrons. The normalized spacial score (nSPS) is 10.4. The maximum atomic E-state index is 13.1. The summed E-state index contributed by atoms with van der Waals surface area (Å²) in [5.41, 5.74) is 0.906. The summed E-state index contributed by atoms with van der Waals surface area (Å²) in [6, 6.07) is 4.96. The topological polar surface area (TPSA) is 9.23 Å². The highest BCUT2D eigenvalue weighted by atomic mass is 19.1. The summed E-state index contributed by atoms with van der Waals surface area (Å²) in [7, 11) is 0. The molecule has 1 nitrogen and oxygen atoms in total. The van der Waals surface area contributed by atoms with Gasteiger partial charge in [0.05, 0.1) is 6.10 Å². The number of hydrogen-bond acceptors (Lipinski definition) is 1. The molecule has 0 heterocycles. The average Bonchev–Trinajstić information content (AvgIpc) is 1.94. The van der Waals surface area contributed by atoms with Crippen LogP contribution in [0.25, 0.3) is 0 Å². The fraction of sp³-hybridized carbons (Fsp3) is 0.400. The minimum absolute atomic E-state index is 0.0159. The molecule has 0 N–H and O–H groups in total. The van der Waals surface area contributed by atoms with Gasteiger partial charge in [0.15, 0.2) is 11.6 Å². The van der Waals surface area contributed by atoms with Crippen LogP contribution in [-0.4, -0.2) is 6.10 Å². The molecule has 0 atom stereocenters. The van der Waals surface area contributed by atoms with E-state index in [9.17, 15) is 4.39 Å². The van der Waals surface area contributed by atoms with Crippen LogP contribution in [0.2, 0.25) is 0 Å². The minimum Gasteiger partial charge on any atom is -0.488 e. The second-order valence-corrected chi connectivity index (χ2v) is 3.10. The van der Waals surface area contributed by atoms with Crippen molar-refractivity contribution in [1.29, 1.82) is 0 Å². The van der Waals surface area contributed by atoms with Crippen molar-refractivity contribution in [2.24, 2.45) is 0 Å². The fourth-order valence-electron chi connectivity index (χ4n) is 0.955. The summed E-state index contributed by atoms with van der Waals surface area (Å²) in [6.45, 7) is 5.60. The number of hydrogen-bond donors (Lipinski definition) is 0. The minimum atomic E-state index is -0.288. The fourth-order valence-corrected chi connectivity index (χ4v) is 0.955. The average molecular weight is 168 g/mol. The Morgan fingerprint density at radius 2 is 2.00 bits per heavy atom. The smallest absolute Gasteiger partial charge is 0.165 e.